The van der Waals surface area contributed by atoms with Gasteiger partial charge < -0.3 is 20.1 Å². The third-order valence-corrected chi connectivity index (χ3v) is 5.13. The number of anilines is 2. The molecule has 13 heteroatoms. The number of hydrogen-bond acceptors (Lipinski definition) is 5. The van der Waals surface area contributed by atoms with Crippen molar-refractivity contribution in [1.29, 1.82) is 0 Å². The number of morpholine rings is 1. The summed E-state index contributed by atoms with van der Waals surface area (Å²) in [5, 5.41) is 4.34. The third kappa shape index (κ3) is 8.12. The van der Waals surface area contributed by atoms with Crippen LogP contribution in [-0.4, -0.2) is 56.2 Å². The van der Waals surface area contributed by atoms with Crippen LogP contribution in [0.5, 0.6) is 5.75 Å². The molecule has 2 aromatic carbocycles. The lowest BCUT2D eigenvalue weighted by Gasteiger charge is -2.26. The van der Waals surface area contributed by atoms with Crippen LogP contribution in [0.15, 0.2) is 42.5 Å². The van der Waals surface area contributed by atoms with E-state index in [1.54, 1.807) is 0 Å². The van der Waals surface area contributed by atoms with E-state index in [0.717, 1.165) is 18.2 Å². The summed E-state index contributed by atoms with van der Waals surface area (Å²) in [5.41, 5.74) is -2.49. The van der Waals surface area contributed by atoms with Crippen molar-refractivity contribution in [3.05, 3.63) is 53.6 Å². The Hall–Kier alpha value is -3.32. The minimum atomic E-state index is -4.77. The Morgan fingerprint density at radius 2 is 1.53 bits per heavy atom. The number of alkyl halides is 6. The number of ether oxygens (including phenoxy) is 2. The number of halogens is 6. The molecule has 2 aromatic rings. The van der Waals surface area contributed by atoms with Gasteiger partial charge in [0.1, 0.15) is 18.8 Å². The number of amides is 2. The van der Waals surface area contributed by atoms with E-state index >= 15 is 0 Å². The first-order chi connectivity index (χ1) is 16.9. The Kier molecular flexibility index (Phi) is 8.79. The van der Waals surface area contributed by atoms with Crippen LogP contribution < -0.4 is 15.4 Å². The maximum Gasteiger partial charge on any atom is 0.420 e. The molecular formula is C23H23F6N3O4. The molecule has 1 aliphatic heterocycles. The highest BCUT2D eigenvalue weighted by Gasteiger charge is 2.35. The van der Waals surface area contributed by atoms with Crippen LogP contribution in [0.2, 0.25) is 0 Å². The van der Waals surface area contributed by atoms with E-state index in [1.165, 1.54) is 12.1 Å². The first kappa shape index (κ1) is 27.3. The summed E-state index contributed by atoms with van der Waals surface area (Å²) >= 11 is 0. The molecule has 0 aliphatic carbocycles. The Balaban J connectivity index is 1.58. The first-order valence-electron chi connectivity index (χ1n) is 10.8. The van der Waals surface area contributed by atoms with E-state index in [2.05, 4.69) is 10.6 Å². The zero-order valence-electron chi connectivity index (χ0n) is 18.8. The maximum absolute atomic E-state index is 13.6. The van der Waals surface area contributed by atoms with E-state index in [4.69, 9.17) is 9.47 Å². The van der Waals surface area contributed by atoms with Gasteiger partial charge in [-0.2, -0.15) is 26.3 Å². The molecule has 2 amide bonds. The number of carbonyl (C=O) groups is 2. The minimum absolute atomic E-state index is 0.0183. The predicted molar refractivity (Wildman–Crippen MR) is 118 cm³/mol. The highest BCUT2D eigenvalue weighted by Crippen LogP contribution is 2.38. The lowest BCUT2D eigenvalue weighted by atomic mass is 10.1. The van der Waals surface area contributed by atoms with Gasteiger partial charge in [0.25, 0.3) is 0 Å². The van der Waals surface area contributed by atoms with Gasteiger partial charge in [0.15, 0.2) is 0 Å². The van der Waals surface area contributed by atoms with Gasteiger partial charge in [-0.05, 0) is 36.4 Å². The minimum Gasteiger partial charge on any atom is -0.492 e. The monoisotopic (exact) mass is 519 g/mol. The molecule has 0 spiro atoms. The van der Waals surface area contributed by atoms with Gasteiger partial charge in [-0.25, -0.2) is 0 Å². The topological polar surface area (TPSA) is 79.9 Å². The van der Waals surface area contributed by atoms with Crippen LogP contribution in [-0.2, 0) is 26.7 Å². The van der Waals surface area contributed by atoms with Crippen molar-refractivity contribution < 1.29 is 45.4 Å². The molecule has 0 bridgehead atoms. The number of nitrogens with one attached hydrogen (secondary N) is 2. The number of carbonyl (C=O) groups excluding carboxylic acids is 2. The number of hydrogen-bond donors (Lipinski definition) is 2. The molecule has 0 saturated carbocycles. The second-order valence-electron chi connectivity index (χ2n) is 7.86. The fourth-order valence-electron chi connectivity index (χ4n) is 3.39. The molecular weight excluding hydrogens is 496 g/mol. The number of rotatable bonds is 8. The fraction of sp³-hybridized carbons (Fsp3) is 0.391. The Morgan fingerprint density at radius 3 is 2.14 bits per heavy atom. The van der Waals surface area contributed by atoms with E-state index < -0.39 is 47.5 Å². The van der Waals surface area contributed by atoms with Gasteiger partial charge in [0, 0.05) is 31.0 Å². The molecule has 196 valence electrons. The highest BCUT2D eigenvalue weighted by atomic mass is 19.4. The van der Waals surface area contributed by atoms with Crippen LogP contribution in [0.3, 0.4) is 0 Å². The van der Waals surface area contributed by atoms with Crippen LogP contribution in [0.1, 0.15) is 17.5 Å². The first-order valence-corrected chi connectivity index (χ1v) is 10.8. The van der Waals surface area contributed by atoms with Gasteiger partial charge in [0.05, 0.1) is 24.3 Å². The molecule has 2 N–H and O–H groups in total. The average Bonchev–Trinajstić information content (AvgIpc) is 2.79. The lowest BCUT2D eigenvalue weighted by molar-refractivity contribution is -0.139. The van der Waals surface area contributed by atoms with Gasteiger partial charge >= 0.3 is 12.4 Å². The maximum atomic E-state index is 13.6. The molecule has 1 saturated heterocycles. The van der Waals surface area contributed by atoms with Gasteiger partial charge in [-0.15, -0.1) is 0 Å². The largest absolute Gasteiger partial charge is 0.492 e. The van der Waals surface area contributed by atoms with Crippen molar-refractivity contribution >= 4 is 23.2 Å². The molecule has 0 atom stereocenters. The summed E-state index contributed by atoms with van der Waals surface area (Å²) in [5.74, 6) is -2.30. The van der Waals surface area contributed by atoms with Gasteiger partial charge in [-0.1, -0.05) is 6.07 Å². The Bertz CT molecular complexity index is 1070. The molecule has 1 fully saturated rings. The summed E-state index contributed by atoms with van der Waals surface area (Å²) in [7, 11) is 0. The van der Waals surface area contributed by atoms with Crippen molar-refractivity contribution in [2.45, 2.75) is 18.8 Å². The number of benzene rings is 2. The smallest absolute Gasteiger partial charge is 0.420 e. The van der Waals surface area contributed by atoms with Crippen molar-refractivity contribution in [2.24, 2.45) is 0 Å². The highest BCUT2D eigenvalue weighted by molar-refractivity contribution is 6.08. The number of nitrogens with zero attached hydrogens (tertiary/aromatic N) is 1. The van der Waals surface area contributed by atoms with Crippen molar-refractivity contribution in [3.8, 4) is 5.75 Å². The second kappa shape index (κ2) is 11.6. The average molecular weight is 519 g/mol. The molecule has 1 aliphatic rings. The van der Waals surface area contributed by atoms with E-state index in [1.807, 2.05) is 4.90 Å². The fourth-order valence-corrected chi connectivity index (χ4v) is 3.39. The van der Waals surface area contributed by atoms with Crippen molar-refractivity contribution in [2.75, 3.05) is 50.1 Å². The molecule has 7 nitrogen and oxygen atoms in total. The standard InChI is InChI=1S/C23H23F6N3O4/c24-22(25,26)15-2-1-3-16(12-15)30-20(33)14-21(34)31-17-4-5-19(18(13-17)23(27,28)29)36-11-8-32-6-9-35-10-7-32/h1-5,12-13H,6-11,14H2,(H,30,33)(H,31,34). The molecule has 3 rings (SSSR count). The van der Waals surface area contributed by atoms with Crippen LogP contribution in [0.25, 0.3) is 0 Å². The summed E-state index contributed by atoms with van der Waals surface area (Å²) in [6, 6.07) is 6.76. The summed E-state index contributed by atoms with van der Waals surface area (Å²) in [4.78, 5) is 26.2. The van der Waals surface area contributed by atoms with Crippen molar-refractivity contribution in [3.63, 3.8) is 0 Å². The SMILES string of the molecule is O=C(CC(=O)Nc1ccc(OCCN2CCOCC2)c(C(F)(F)F)c1)Nc1cccc(C(F)(F)F)c1. The van der Waals surface area contributed by atoms with Gasteiger partial charge in [-0.3, -0.25) is 14.5 Å². The van der Waals surface area contributed by atoms with Crippen LogP contribution in [0.4, 0.5) is 37.7 Å². The van der Waals surface area contributed by atoms with E-state index in [0.29, 0.717) is 45.0 Å². The molecule has 0 radical (unpaired) electrons. The summed E-state index contributed by atoms with van der Waals surface area (Å²) in [6.07, 6.45) is -10.2. The quantitative estimate of drug-likeness (QED) is 0.399. The van der Waals surface area contributed by atoms with E-state index in [-0.39, 0.29) is 18.0 Å². The molecule has 1 heterocycles. The van der Waals surface area contributed by atoms with Gasteiger partial charge in [0.2, 0.25) is 11.8 Å². The van der Waals surface area contributed by atoms with E-state index in [9.17, 15) is 35.9 Å². The third-order valence-electron chi connectivity index (χ3n) is 5.13. The summed E-state index contributed by atoms with van der Waals surface area (Å²) in [6.45, 7) is 2.83. The molecule has 36 heavy (non-hydrogen) atoms. The Labute approximate surface area is 202 Å². The lowest BCUT2D eigenvalue weighted by Crippen LogP contribution is -2.38. The zero-order chi connectivity index (χ0) is 26.3. The zero-order valence-corrected chi connectivity index (χ0v) is 18.8. The predicted octanol–water partition coefficient (Wildman–Crippen LogP) is 4.40. The molecule has 0 unspecified atom stereocenters. The summed E-state index contributed by atoms with van der Waals surface area (Å²) < 4.78 is 89.6. The van der Waals surface area contributed by atoms with Crippen LogP contribution in [0, 0.1) is 0 Å². The van der Waals surface area contributed by atoms with Crippen LogP contribution >= 0.6 is 0 Å². The second-order valence-corrected chi connectivity index (χ2v) is 7.86. The Morgan fingerprint density at radius 1 is 0.889 bits per heavy atom. The molecule has 0 aromatic heterocycles. The normalized spacial score (nSPS) is 14.8. The van der Waals surface area contributed by atoms with Crippen molar-refractivity contribution in [1.82, 2.24) is 4.90 Å².